The number of aliphatic hydroxyl groups excluding tert-OH is 1. The lowest BCUT2D eigenvalue weighted by Gasteiger charge is -2.32. The molecular weight excluding hydrogens is 276 g/mol. The first-order chi connectivity index (χ1) is 9.86. The SMILES string of the molecule is COC(=O)C(O)CNC(=O)C1CCN(C(=O)C(C)C)CC1. The maximum Gasteiger partial charge on any atom is 0.336 e. The predicted octanol–water partition coefficient (Wildman–Crippen LogP) is -0.469. The minimum absolute atomic E-state index is 0.0365. The van der Waals surface area contributed by atoms with Gasteiger partial charge in [0, 0.05) is 24.9 Å². The molecule has 0 spiro atoms. The number of nitrogens with one attached hydrogen (secondary N) is 1. The molecule has 0 aromatic rings. The van der Waals surface area contributed by atoms with Crippen LogP contribution in [0.1, 0.15) is 26.7 Å². The summed E-state index contributed by atoms with van der Waals surface area (Å²) in [5.74, 6) is -1.09. The molecule has 0 bridgehead atoms. The van der Waals surface area contributed by atoms with Gasteiger partial charge in [-0.1, -0.05) is 13.8 Å². The molecule has 0 radical (unpaired) electrons. The van der Waals surface area contributed by atoms with Crippen LogP contribution in [0.2, 0.25) is 0 Å². The number of carbonyl (C=O) groups is 3. The maximum atomic E-state index is 11.9. The van der Waals surface area contributed by atoms with Crippen molar-refractivity contribution in [3.05, 3.63) is 0 Å². The van der Waals surface area contributed by atoms with Crippen molar-refractivity contribution in [1.82, 2.24) is 10.2 Å². The molecule has 0 saturated carbocycles. The van der Waals surface area contributed by atoms with Crippen molar-refractivity contribution in [2.45, 2.75) is 32.8 Å². The summed E-state index contributed by atoms with van der Waals surface area (Å²) in [6.07, 6.45) is -0.154. The average Bonchev–Trinajstić information content (AvgIpc) is 2.50. The molecule has 21 heavy (non-hydrogen) atoms. The average molecular weight is 300 g/mol. The van der Waals surface area contributed by atoms with E-state index >= 15 is 0 Å². The number of rotatable bonds is 5. The number of nitrogens with zero attached hydrogens (tertiary/aromatic N) is 1. The molecule has 2 amide bonds. The lowest BCUT2D eigenvalue weighted by atomic mass is 9.95. The number of amides is 2. The van der Waals surface area contributed by atoms with E-state index < -0.39 is 12.1 Å². The molecule has 7 nitrogen and oxygen atoms in total. The first kappa shape index (κ1) is 17.4. The normalized spacial score (nSPS) is 17.5. The van der Waals surface area contributed by atoms with Gasteiger partial charge in [-0.3, -0.25) is 9.59 Å². The van der Waals surface area contributed by atoms with Gasteiger partial charge in [-0.05, 0) is 12.8 Å². The number of methoxy groups -OCH3 is 1. The van der Waals surface area contributed by atoms with Crippen molar-refractivity contribution >= 4 is 17.8 Å². The second-order valence-corrected chi connectivity index (χ2v) is 5.54. The summed E-state index contributed by atoms with van der Waals surface area (Å²) < 4.78 is 4.37. The first-order valence-electron chi connectivity index (χ1n) is 7.19. The number of aliphatic hydroxyl groups is 1. The minimum atomic E-state index is -1.35. The molecular formula is C14H24N2O5. The Hall–Kier alpha value is -1.63. The summed E-state index contributed by atoms with van der Waals surface area (Å²) in [6, 6.07) is 0. The molecule has 1 atom stereocenters. The molecule has 0 aliphatic carbocycles. The van der Waals surface area contributed by atoms with E-state index in [-0.39, 0.29) is 30.2 Å². The monoisotopic (exact) mass is 300 g/mol. The fourth-order valence-corrected chi connectivity index (χ4v) is 2.29. The molecule has 120 valence electrons. The second kappa shape index (κ2) is 7.97. The quantitative estimate of drug-likeness (QED) is 0.669. The van der Waals surface area contributed by atoms with Crippen LogP contribution in [0.4, 0.5) is 0 Å². The summed E-state index contributed by atoms with van der Waals surface area (Å²) >= 11 is 0. The third-order valence-corrected chi connectivity index (χ3v) is 3.61. The lowest BCUT2D eigenvalue weighted by Crippen LogP contribution is -2.46. The largest absolute Gasteiger partial charge is 0.467 e. The minimum Gasteiger partial charge on any atom is -0.467 e. The van der Waals surface area contributed by atoms with Gasteiger partial charge in [-0.2, -0.15) is 0 Å². The number of hydrogen-bond donors (Lipinski definition) is 2. The van der Waals surface area contributed by atoms with E-state index in [4.69, 9.17) is 0 Å². The summed E-state index contributed by atoms with van der Waals surface area (Å²) in [7, 11) is 1.18. The summed E-state index contributed by atoms with van der Waals surface area (Å²) in [5, 5.41) is 11.9. The van der Waals surface area contributed by atoms with Crippen LogP contribution in [0, 0.1) is 11.8 Å². The van der Waals surface area contributed by atoms with Gasteiger partial charge in [0.25, 0.3) is 0 Å². The fraction of sp³-hybridized carbons (Fsp3) is 0.786. The highest BCUT2D eigenvalue weighted by Gasteiger charge is 2.28. The third-order valence-electron chi connectivity index (χ3n) is 3.61. The van der Waals surface area contributed by atoms with Crippen molar-refractivity contribution in [3.8, 4) is 0 Å². The molecule has 1 aliphatic heterocycles. The molecule has 1 fully saturated rings. The van der Waals surface area contributed by atoms with E-state index in [0.717, 1.165) is 0 Å². The highest BCUT2D eigenvalue weighted by Crippen LogP contribution is 2.18. The zero-order chi connectivity index (χ0) is 16.0. The van der Waals surface area contributed by atoms with E-state index in [1.54, 1.807) is 4.90 Å². The molecule has 1 aliphatic rings. The summed E-state index contributed by atoms with van der Waals surface area (Å²) in [4.78, 5) is 36.6. The number of ether oxygens (including phenoxy) is 1. The van der Waals surface area contributed by atoms with Crippen LogP contribution in [-0.2, 0) is 19.1 Å². The van der Waals surface area contributed by atoms with Crippen LogP contribution < -0.4 is 5.32 Å². The van der Waals surface area contributed by atoms with Crippen LogP contribution >= 0.6 is 0 Å². The number of hydrogen-bond acceptors (Lipinski definition) is 5. The van der Waals surface area contributed by atoms with Gasteiger partial charge < -0.3 is 20.1 Å². The van der Waals surface area contributed by atoms with Crippen LogP contribution in [0.3, 0.4) is 0 Å². The van der Waals surface area contributed by atoms with E-state index in [0.29, 0.717) is 25.9 Å². The summed E-state index contributed by atoms with van der Waals surface area (Å²) in [6.45, 7) is 4.69. The molecule has 1 unspecified atom stereocenters. The van der Waals surface area contributed by atoms with Gasteiger partial charge in [0.15, 0.2) is 6.10 Å². The molecule has 1 saturated heterocycles. The van der Waals surface area contributed by atoms with Crippen molar-refractivity contribution in [3.63, 3.8) is 0 Å². The lowest BCUT2D eigenvalue weighted by molar-refractivity contribution is -0.150. The standard InChI is InChI=1S/C14H24N2O5/c1-9(2)13(19)16-6-4-10(5-7-16)12(18)15-8-11(17)14(20)21-3/h9-11,17H,4-8H2,1-3H3,(H,15,18). The van der Waals surface area contributed by atoms with Crippen molar-refractivity contribution in [1.29, 1.82) is 0 Å². The first-order valence-corrected chi connectivity index (χ1v) is 7.19. The number of carbonyl (C=O) groups excluding carboxylic acids is 3. The third kappa shape index (κ3) is 5.00. The Labute approximate surface area is 124 Å². The fourth-order valence-electron chi connectivity index (χ4n) is 2.29. The Kier molecular flexibility index (Phi) is 6.61. The van der Waals surface area contributed by atoms with Gasteiger partial charge in [0.1, 0.15) is 0 Å². The van der Waals surface area contributed by atoms with Gasteiger partial charge in [0.05, 0.1) is 13.7 Å². The predicted molar refractivity (Wildman–Crippen MR) is 75.2 cm³/mol. The maximum absolute atomic E-state index is 11.9. The topological polar surface area (TPSA) is 95.9 Å². The van der Waals surface area contributed by atoms with E-state index in [9.17, 15) is 19.5 Å². The van der Waals surface area contributed by atoms with E-state index in [1.807, 2.05) is 13.8 Å². The zero-order valence-corrected chi connectivity index (χ0v) is 12.8. The van der Waals surface area contributed by atoms with Crippen molar-refractivity contribution in [2.24, 2.45) is 11.8 Å². The van der Waals surface area contributed by atoms with Crippen molar-refractivity contribution in [2.75, 3.05) is 26.7 Å². The summed E-state index contributed by atoms with van der Waals surface area (Å²) in [5.41, 5.74) is 0. The smallest absolute Gasteiger partial charge is 0.336 e. The zero-order valence-electron chi connectivity index (χ0n) is 12.8. The molecule has 2 N–H and O–H groups in total. The molecule has 0 aromatic carbocycles. The van der Waals surface area contributed by atoms with Gasteiger partial charge in [-0.15, -0.1) is 0 Å². The number of piperidine rings is 1. The number of likely N-dealkylation sites (tertiary alicyclic amines) is 1. The molecule has 0 aromatic heterocycles. The molecule has 1 heterocycles. The van der Waals surface area contributed by atoms with Crippen molar-refractivity contribution < 1.29 is 24.2 Å². The Bertz CT molecular complexity index is 389. The van der Waals surface area contributed by atoms with Crippen LogP contribution in [0.15, 0.2) is 0 Å². The van der Waals surface area contributed by atoms with Gasteiger partial charge in [-0.25, -0.2) is 4.79 Å². The Morgan fingerprint density at radius 2 is 1.86 bits per heavy atom. The van der Waals surface area contributed by atoms with Crippen LogP contribution in [0.5, 0.6) is 0 Å². The van der Waals surface area contributed by atoms with E-state index in [1.165, 1.54) is 7.11 Å². The van der Waals surface area contributed by atoms with Crippen LogP contribution in [0.25, 0.3) is 0 Å². The molecule has 7 heteroatoms. The van der Waals surface area contributed by atoms with Gasteiger partial charge >= 0.3 is 5.97 Å². The second-order valence-electron chi connectivity index (χ2n) is 5.54. The van der Waals surface area contributed by atoms with E-state index in [2.05, 4.69) is 10.1 Å². The van der Waals surface area contributed by atoms with Crippen LogP contribution in [-0.4, -0.2) is 60.6 Å². The van der Waals surface area contributed by atoms with Gasteiger partial charge in [0.2, 0.25) is 11.8 Å². The Balaban J connectivity index is 2.35. The molecule has 1 rings (SSSR count). The Morgan fingerprint density at radius 3 is 2.33 bits per heavy atom. The highest BCUT2D eigenvalue weighted by molar-refractivity contribution is 5.81. The highest BCUT2D eigenvalue weighted by atomic mass is 16.5. The Morgan fingerprint density at radius 1 is 1.29 bits per heavy atom. The number of esters is 1.